The molecule has 1 fully saturated rings. The number of aryl methyl sites for hydroxylation is 1. The zero-order valence-electron chi connectivity index (χ0n) is 15.3. The standard InChI is InChI=1S/C22H25NO4/c24-21(23-18-11-8-17(9-12-18)15-22(25)26)13-10-16-4-3-7-20(14-16)27-19-5-1-2-6-19/h3-4,7-9,11-12,14,19H,1-2,5-6,10,13,15H2,(H,23,24)(H,25,26). The number of ether oxygens (including phenoxy) is 1. The monoisotopic (exact) mass is 367 g/mol. The Kier molecular flexibility index (Phi) is 6.47. The van der Waals surface area contributed by atoms with Crippen molar-refractivity contribution in [2.45, 2.75) is 51.0 Å². The minimum Gasteiger partial charge on any atom is -0.490 e. The number of hydrogen-bond acceptors (Lipinski definition) is 3. The zero-order valence-corrected chi connectivity index (χ0v) is 15.3. The molecular weight excluding hydrogens is 342 g/mol. The smallest absolute Gasteiger partial charge is 0.307 e. The zero-order chi connectivity index (χ0) is 19.1. The van der Waals surface area contributed by atoms with Crippen LogP contribution in [0.5, 0.6) is 5.75 Å². The van der Waals surface area contributed by atoms with Crippen LogP contribution in [0.2, 0.25) is 0 Å². The summed E-state index contributed by atoms with van der Waals surface area (Å²) < 4.78 is 6.01. The molecule has 1 amide bonds. The van der Waals surface area contributed by atoms with Gasteiger partial charge < -0.3 is 15.2 Å². The maximum atomic E-state index is 12.2. The largest absolute Gasteiger partial charge is 0.490 e. The summed E-state index contributed by atoms with van der Waals surface area (Å²) in [5.74, 6) is -0.0529. The van der Waals surface area contributed by atoms with Crippen LogP contribution in [0.1, 0.15) is 43.2 Å². The van der Waals surface area contributed by atoms with Gasteiger partial charge in [0.05, 0.1) is 12.5 Å². The first-order valence-electron chi connectivity index (χ1n) is 9.45. The molecule has 1 aliphatic rings. The van der Waals surface area contributed by atoms with Crippen LogP contribution in [0.4, 0.5) is 5.69 Å². The first-order valence-corrected chi connectivity index (χ1v) is 9.45. The Morgan fingerprint density at radius 1 is 1.04 bits per heavy atom. The van der Waals surface area contributed by atoms with Crippen LogP contribution in [0.25, 0.3) is 0 Å². The maximum Gasteiger partial charge on any atom is 0.307 e. The highest BCUT2D eigenvalue weighted by molar-refractivity contribution is 5.90. The van der Waals surface area contributed by atoms with Crippen molar-refractivity contribution in [2.75, 3.05) is 5.32 Å². The van der Waals surface area contributed by atoms with Gasteiger partial charge in [0, 0.05) is 12.1 Å². The predicted molar refractivity (Wildman–Crippen MR) is 104 cm³/mol. The van der Waals surface area contributed by atoms with Gasteiger partial charge in [0.15, 0.2) is 0 Å². The highest BCUT2D eigenvalue weighted by Gasteiger charge is 2.16. The number of amides is 1. The number of nitrogens with one attached hydrogen (secondary N) is 1. The van der Waals surface area contributed by atoms with Crippen molar-refractivity contribution >= 4 is 17.6 Å². The number of aliphatic carboxylic acids is 1. The van der Waals surface area contributed by atoms with E-state index in [1.165, 1.54) is 12.8 Å². The molecule has 0 unspecified atom stereocenters. The second kappa shape index (κ2) is 9.21. The van der Waals surface area contributed by atoms with Gasteiger partial charge >= 0.3 is 5.97 Å². The molecule has 0 aromatic heterocycles. The lowest BCUT2D eigenvalue weighted by atomic mass is 10.1. The maximum absolute atomic E-state index is 12.2. The van der Waals surface area contributed by atoms with Gasteiger partial charge in [-0.1, -0.05) is 24.3 Å². The van der Waals surface area contributed by atoms with Gasteiger partial charge in [-0.05, 0) is 67.5 Å². The Morgan fingerprint density at radius 2 is 1.78 bits per heavy atom. The molecule has 1 saturated carbocycles. The molecule has 0 radical (unpaired) electrons. The van der Waals surface area contributed by atoms with Gasteiger partial charge in [0.25, 0.3) is 0 Å². The van der Waals surface area contributed by atoms with Gasteiger partial charge in [0.1, 0.15) is 5.75 Å². The van der Waals surface area contributed by atoms with Crippen LogP contribution >= 0.6 is 0 Å². The van der Waals surface area contributed by atoms with E-state index in [0.29, 0.717) is 30.2 Å². The molecule has 0 aliphatic heterocycles. The quantitative estimate of drug-likeness (QED) is 0.733. The third kappa shape index (κ3) is 6.13. The van der Waals surface area contributed by atoms with Gasteiger partial charge in [-0.25, -0.2) is 0 Å². The fourth-order valence-corrected chi connectivity index (χ4v) is 3.33. The van der Waals surface area contributed by atoms with Gasteiger partial charge in [0.2, 0.25) is 5.91 Å². The number of anilines is 1. The average Bonchev–Trinajstić information content (AvgIpc) is 3.15. The van der Waals surface area contributed by atoms with Crippen molar-refractivity contribution in [1.82, 2.24) is 0 Å². The summed E-state index contributed by atoms with van der Waals surface area (Å²) >= 11 is 0. The average molecular weight is 367 g/mol. The second-order valence-corrected chi connectivity index (χ2v) is 6.99. The summed E-state index contributed by atoms with van der Waals surface area (Å²) in [6.07, 6.45) is 6.05. The fraction of sp³-hybridized carbons (Fsp3) is 0.364. The van der Waals surface area contributed by atoms with Crippen LogP contribution in [-0.4, -0.2) is 23.1 Å². The van der Waals surface area contributed by atoms with E-state index < -0.39 is 5.97 Å². The molecule has 0 saturated heterocycles. The van der Waals surface area contributed by atoms with E-state index in [-0.39, 0.29) is 12.3 Å². The molecule has 5 heteroatoms. The van der Waals surface area contributed by atoms with Crippen molar-refractivity contribution in [3.8, 4) is 5.75 Å². The lowest BCUT2D eigenvalue weighted by Crippen LogP contribution is -2.13. The number of rotatable bonds is 8. The first kappa shape index (κ1) is 19.0. The summed E-state index contributed by atoms with van der Waals surface area (Å²) in [6, 6.07) is 14.9. The predicted octanol–water partition coefficient (Wildman–Crippen LogP) is 4.21. The van der Waals surface area contributed by atoms with Crippen LogP contribution in [0, 0.1) is 0 Å². The molecule has 0 bridgehead atoms. The molecular formula is C22H25NO4. The van der Waals surface area contributed by atoms with Crippen LogP contribution in [-0.2, 0) is 22.4 Å². The van der Waals surface area contributed by atoms with E-state index in [1.807, 2.05) is 24.3 Å². The molecule has 27 heavy (non-hydrogen) atoms. The van der Waals surface area contributed by atoms with Crippen LogP contribution in [0.3, 0.4) is 0 Å². The SMILES string of the molecule is O=C(O)Cc1ccc(NC(=O)CCc2cccc(OC3CCCC3)c2)cc1. The Labute approximate surface area is 159 Å². The van der Waals surface area contributed by atoms with Crippen LogP contribution < -0.4 is 10.1 Å². The van der Waals surface area contributed by atoms with Crippen LogP contribution in [0.15, 0.2) is 48.5 Å². The lowest BCUT2D eigenvalue weighted by Gasteiger charge is -2.14. The third-order valence-electron chi connectivity index (χ3n) is 4.74. The number of carbonyl (C=O) groups is 2. The fourth-order valence-electron chi connectivity index (χ4n) is 3.33. The minimum absolute atomic E-state index is 0.0203. The van der Waals surface area contributed by atoms with E-state index in [2.05, 4.69) is 5.32 Å². The molecule has 2 aromatic rings. The lowest BCUT2D eigenvalue weighted by molar-refractivity contribution is -0.136. The van der Waals surface area contributed by atoms with E-state index in [1.54, 1.807) is 24.3 Å². The van der Waals surface area contributed by atoms with E-state index in [0.717, 1.165) is 24.2 Å². The summed E-state index contributed by atoms with van der Waals surface area (Å²) in [5, 5.41) is 11.6. The number of carboxylic acid groups (broad SMARTS) is 1. The number of benzene rings is 2. The Morgan fingerprint density at radius 3 is 2.48 bits per heavy atom. The third-order valence-corrected chi connectivity index (χ3v) is 4.74. The molecule has 0 spiro atoms. The molecule has 142 valence electrons. The topological polar surface area (TPSA) is 75.6 Å². The number of hydrogen-bond donors (Lipinski definition) is 2. The second-order valence-electron chi connectivity index (χ2n) is 6.99. The molecule has 0 heterocycles. The van der Waals surface area contributed by atoms with Gasteiger partial charge in [-0.3, -0.25) is 9.59 Å². The van der Waals surface area contributed by atoms with Crippen molar-refractivity contribution in [2.24, 2.45) is 0 Å². The summed E-state index contributed by atoms with van der Waals surface area (Å²) in [6.45, 7) is 0. The van der Waals surface area contributed by atoms with Crippen molar-refractivity contribution in [3.63, 3.8) is 0 Å². The molecule has 2 N–H and O–H groups in total. The van der Waals surface area contributed by atoms with Crippen molar-refractivity contribution < 1.29 is 19.4 Å². The normalized spacial score (nSPS) is 14.1. The Bertz CT molecular complexity index is 779. The molecule has 5 nitrogen and oxygen atoms in total. The van der Waals surface area contributed by atoms with E-state index >= 15 is 0 Å². The molecule has 1 aliphatic carbocycles. The highest BCUT2D eigenvalue weighted by Crippen LogP contribution is 2.25. The number of carbonyl (C=O) groups excluding carboxylic acids is 1. The Balaban J connectivity index is 1.47. The molecule has 3 rings (SSSR count). The van der Waals surface area contributed by atoms with Gasteiger partial charge in [-0.15, -0.1) is 0 Å². The van der Waals surface area contributed by atoms with Gasteiger partial charge in [-0.2, -0.15) is 0 Å². The Hall–Kier alpha value is -2.82. The minimum atomic E-state index is -0.870. The molecule has 0 atom stereocenters. The van der Waals surface area contributed by atoms with Crippen molar-refractivity contribution in [1.29, 1.82) is 0 Å². The van der Waals surface area contributed by atoms with Crippen molar-refractivity contribution in [3.05, 3.63) is 59.7 Å². The molecule has 2 aromatic carbocycles. The summed E-state index contributed by atoms with van der Waals surface area (Å²) in [4.78, 5) is 22.9. The van der Waals surface area contributed by atoms with E-state index in [9.17, 15) is 9.59 Å². The first-order chi connectivity index (χ1) is 13.1. The number of carboxylic acids is 1. The van der Waals surface area contributed by atoms with E-state index in [4.69, 9.17) is 9.84 Å². The summed E-state index contributed by atoms with van der Waals surface area (Å²) in [7, 11) is 0. The summed E-state index contributed by atoms with van der Waals surface area (Å²) in [5.41, 5.74) is 2.46. The highest BCUT2D eigenvalue weighted by atomic mass is 16.5.